The van der Waals surface area contributed by atoms with Crippen LogP contribution in [0.3, 0.4) is 0 Å². The number of esters is 1. The smallest absolute Gasteiger partial charge is 0.310 e. The molecule has 188 valence electrons. The maximum Gasteiger partial charge on any atom is 0.310 e. The fourth-order valence-electron chi connectivity index (χ4n) is 4.07. The van der Waals surface area contributed by atoms with Gasteiger partial charge in [0, 0.05) is 46.7 Å². The van der Waals surface area contributed by atoms with Gasteiger partial charge in [-0.15, -0.1) is 0 Å². The van der Waals surface area contributed by atoms with Crippen LogP contribution in [0, 0.1) is 11.6 Å². The molecule has 0 fully saturated rings. The average molecular weight is 496 g/mol. The van der Waals surface area contributed by atoms with Crippen molar-refractivity contribution in [1.82, 2.24) is 0 Å². The average Bonchev–Trinajstić information content (AvgIpc) is 3.27. The Balaban J connectivity index is 1.72. The van der Waals surface area contributed by atoms with Crippen molar-refractivity contribution in [2.45, 2.75) is 32.9 Å². The Morgan fingerprint density at radius 3 is 2.64 bits per heavy atom. The molecule has 0 radical (unpaired) electrons. The van der Waals surface area contributed by atoms with Crippen LogP contribution in [0.25, 0.3) is 22.1 Å². The van der Waals surface area contributed by atoms with Crippen LogP contribution in [0.15, 0.2) is 59.0 Å². The van der Waals surface area contributed by atoms with Crippen molar-refractivity contribution in [3.8, 4) is 16.9 Å². The van der Waals surface area contributed by atoms with Gasteiger partial charge in [0.15, 0.2) is 0 Å². The van der Waals surface area contributed by atoms with Crippen molar-refractivity contribution < 1.29 is 32.6 Å². The van der Waals surface area contributed by atoms with Crippen molar-refractivity contribution in [3.63, 3.8) is 0 Å². The molecule has 1 aromatic heterocycles. The molecule has 0 amide bonds. The predicted octanol–water partition coefficient (Wildman–Crippen LogP) is 5.06. The number of aliphatic hydroxyl groups excluding tert-OH is 1. The summed E-state index contributed by atoms with van der Waals surface area (Å²) in [5.74, 6) is -0.611. The Hall–Kier alpha value is -3.75. The fraction of sp³-hybridized carbons (Fsp3) is 0.250. The van der Waals surface area contributed by atoms with Crippen molar-refractivity contribution in [2.24, 2.45) is 5.73 Å². The first-order valence-electron chi connectivity index (χ1n) is 11.6. The van der Waals surface area contributed by atoms with Crippen LogP contribution in [-0.4, -0.2) is 24.3 Å². The van der Waals surface area contributed by atoms with E-state index in [1.54, 1.807) is 37.3 Å². The number of nitrogens with two attached hydrogens (primary N) is 1. The molecule has 0 aliphatic heterocycles. The fourth-order valence-corrected chi connectivity index (χ4v) is 4.07. The summed E-state index contributed by atoms with van der Waals surface area (Å²) in [6.45, 7) is 1.93. The molecule has 0 bridgehead atoms. The molecular weight excluding hydrogens is 468 g/mol. The Bertz CT molecular complexity index is 1380. The van der Waals surface area contributed by atoms with E-state index in [0.29, 0.717) is 51.0 Å². The van der Waals surface area contributed by atoms with E-state index in [9.17, 15) is 14.3 Å². The molecule has 0 atom stereocenters. The third-order valence-corrected chi connectivity index (χ3v) is 5.74. The molecule has 0 saturated heterocycles. The molecule has 1 heterocycles. The predicted molar refractivity (Wildman–Crippen MR) is 131 cm³/mol. The number of furan rings is 1. The van der Waals surface area contributed by atoms with Crippen molar-refractivity contribution in [3.05, 3.63) is 88.7 Å². The number of hydrogen-bond donors (Lipinski definition) is 2. The lowest BCUT2D eigenvalue weighted by molar-refractivity contribution is -0.142. The summed E-state index contributed by atoms with van der Waals surface area (Å²) in [5, 5.41) is 10.0. The molecule has 8 heteroatoms. The number of carbonyl (C=O) groups excluding carboxylic acids is 1. The number of ether oxygens (including phenoxy) is 2. The lowest BCUT2D eigenvalue weighted by Crippen LogP contribution is -2.09. The van der Waals surface area contributed by atoms with Crippen LogP contribution in [0.5, 0.6) is 5.75 Å². The second-order valence-corrected chi connectivity index (χ2v) is 8.25. The molecule has 3 N–H and O–H groups in total. The monoisotopic (exact) mass is 495 g/mol. The maximum absolute atomic E-state index is 15.2. The number of carbonyl (C=O) groups is 1. The number of benzene rings is 3. The Kier molecular flexibility index (Phi) is 7.97. The molecule has 36 heavy (non-hydrogen) atoms. The Morgan fingerprint density at radius 1 is 1.06 bits per heavy atom. The molecule has 6 nitrogen and oxygen atoms in total. The largest absolute Gasteiger partial charge is 0.488 e. The van der Waals surface area contributed by atoms with Crippen LogP contribution < -0.4 is 10.5 Å². The maximum atomic E-state index is 15.2. The molecule has 4 aromatic rings. The number of fused-ring (bicyclic) bond motifs is 1. The molecule has 0 unspecified atom stereocenters. The number of rotatable bonds is 10. The van der Waals surface area contributed by atoms with Gasteiger partial charge in [0.05, 0.1) is 19.6 Å². The highest BCUT2D eigenvalue weighted by Gasteiger charge is 2.18. The van der Waals surface area contributed by atoms with Gasteiger partial charge < -0.3 is 24.7 Å². The van der Waals surface area contributed by atoms with Crippen LogP contribution in [0.1, 0.15) is 29.4 Å². The second-order valence-electron chi connectivity index (χ2n) is 8.25. The van der Waals surface area contributed by atoms with Gasteiger partial charge in [0.2, 0.25) is 0 Å². The summed E-state index contributed by atoms with van der Waals surface area (Å²) in [5.41, 5.74) is 8.55. The number of hydrogen-bond acceptors (Lipinski definition) is 6. The van der Waals surface area contributed by atoms with Gasteiger partial charge >= 0.3 is 5.97 Å². The first kappa shape index (κ1) is 25.3. The van der Waals surface area contributed by atoms with Crippen molar-refractivity contribution in [1.29, 1.82) is 0 Å². The van der Waals surface area contributed by atoms with E-state index >= 15 is 4.39 Å². The minimum absolute atomic E-state index is 0.0287. The summed E-state index contributed by atoms with van der Waals surface area (Å²) in [6, 6.07) is 14.3. The van der Waals surface area contributed by atoms with Crippen LogP contribution in [0.4, 0.5) is 8.78 Å². The lowest BCUT2D eigenvalue weighted by atomic mass is 9.98. The first-order chi connectivity index (χ1) is 17.4. The van der Waals surface area contributed by atoms with Gasteiger partial charge in [-0.25, -0.2) is 8.78 Å². The number of aliphatic hydroxyl groups is 1. The number of halogens is 2. The summed E-state index contributed by atoms with van der Waals surface area (Å²) in [7, 11) is 0. The summed E-state index contributed by atoms with van der Waals surface area (Å²) >= 11 is 0. The van der Waals surface area contributed by atoms with E-state index in [4.69, 9.17) is 19.6 Å². The summed E-state index contributed by atoms with van der Waals surface area (Å²) in [6.07, 6.45) is 0.253. The minimum atomic E-state index is -0.502. The zero-order chi connectivity index (χ0) is 25.7. The summed E-state index contributed by atoms with van der Waals surface area (Å²) < 4.78 is 46.0. The van der Waals surface area contributed by atoms with Crippen molar-refractivity contribution in [2.75, 3.05) is 13.2 Å². The quantitative estimate of drug-likeness (QED) is 0.299. The normalized spacial score (nSPS) is 11.1. The highest BCUT2D eigenvalue weighted by Crippen LogP contribution is 2.35. The molecular formula is C28H27F2NO5. The van der Waals surface area contributed by atoms with Gasteiger partial charge in [-0.1, -0.05) is 24.3 Å². The molecule has 0 aliphatic carbocycles. The third kappa shape index (κ3) is 5.56. The Morgan fingerprint density at radius 2 is 1.89 bits per heavy atom. The minimum Gasteiger partial charge on any atom is -0.488 e. The Labute approximate surface area is 207 Å². The first-order valence-corrected chi connectivity index (χ1v) is 11.6. The van der Waals surface area contributed by atoms with Gasteiger partial charge in [0.25, 0.3) is 0 Å². The standard InChI is InChI=1S/C28H27F2NO5/c1-2-34-26(33)13-18-6-7-21(29)14-25(18)35-16-17-10-20-12-22(8-9-32)36-28(20)24(11-17)23-5-3-4-19(15-31)27(23)30/h3-7,10-12,14,32H,2,8-9,13,15-16,31H2,1H3. The van der Waals surface area contributed by atoms with Crippen LogP contribution in [0.2, 0.25) is 0 Å². The van der Waals surface area contributed by atoms with E-state index in [1.807, 2.05) is 6.07 Å². The van der Waals surface area contributed by atoms with E-state index in [2.05, 4.69) is 0 Å². The van der Waals surface area contributed by atoms with Gasteiger partial charge in [-0.3, -0.25) is 4.79 Å². The molecule has 0 aliphatic rings. The van der Waals surface area contributed by atoms with Gasteiger partial charge in [0.1, 0.15) is 35.3 Å². The molecule has 4 rings (SSSR count). The van der Waals surface area contributed by atoms with Gasteiger partial charge in [-0.2, -0.15) is 0 Å². The van der Waals surface area contributed by atoms with E-state index in [0.717, 1.165) is 0 Å². The van der Waals surface area contributed by atoms with E-state index < -0.39 is 17.6 Å². The summed E-state index contributed by atoms with van der Waals surface area (Å²) in [4.78, 5) is 12.0. The van der Waals surface area contributed by atoms with Crippen molar-refractivity contribution >= 4 is 16.9 Å². The topological polar surface area (TPSA) is 94.9 Å². The molecule has 0 spiro atoms. The zero-order valence-corrected chi connectivity index (χ0v) is 19.9. The highest BCUT2D eigenvalue weighted by molar-refractivity contribution is 5.94. The lowest BCUT2D eigenvalue weighted by Gasteiger charge is -2.13. The van der Waals surface area contributed by atoms with Gasteiger partial charge in [-0.05, 0) is 36.8 Å². The van der Waals surface area contributed by atoms with E-state index in [-0.39, 0.29) is 38.5 Å². The third-order valence-electron chi connectivity index (χ3n) is 5.74. The zero-order valence-electron chi connectivity index (χ0n) is 19.9. The SMILES string of the molecule is CCOC(=O)Cc1ccc(F)cc1OCc1cc(-c2cccc(CN)c2F)c2oc(CCO)cc2c1. The highest BCUT2D eigenvalue weighted by atomic mass is 19.1. The second kappa shape index (κ2) is 11.3. The van der Waals surface area contributed by atoms with E-state index in [1.165, 1.54) is 18.2 Å². The van der Waals surface area contributed by atoms with Crippen LogP contribution in [-0.2, 0) is 35.5 Å². The molecule has 0 saturated carbocycles. The van der Waals surface area contributed by atoms with Crippen LogP contribution >= 0.6 is 0 Å². The molecule has 3 aromatic carbocycles.